The first-order valence-corrected chi connectivity index (χ1v) is 11.8. The Bertz CT molecular complexity index is 1320. The van der Waals surface area contributed by atoms with Crippen LogP contribution in [0, 0.1) is 25.1 Å². The monoisotopic (exact) mass is 459 g/mol. The van der Waals surface area contributed by atoms with Crippen LogP contribution in [0.15, 0.2) is 46.0 Å². The zero-order valence-electron chi connectivity index (χ0n) is 16.9. The second kappa shape index (κ2) is 7.57. The first kappa shape index (κ1) is 21.2. The molecule has 0 unspecified atom stereocenters. The molecule has 1 aromatic heterocycles. The molecule has 2 aliphatic heterocycles. The number of benzene rings is 1. The lowest BCUT2D eigenvalue weighted by molar-refractivity contribution is -0.114. The summed E-state index contributed by atoms with van der Waals surface area (Å²) in [5.41, 5.74) is 3.11. The molecule has 0 atom stereocenters. The van der Waals surface area contributed by atoms with Gasteiger partial charge in [0.05, 0.1) is 11.3 Å². The Morgan fingerprint density at radius 3 is 2.55 bits per heavy atom. The van der Waals surface area contributed by atoms with E-state index in [-0.39, 0.29) is 32.5 Å². The summed E-state index contributed by atoms with van der Waals surface area (Å²) in [6.07, 6.45) is 1.54. The average molecular weight is 460 g/mol. The predicted octanol–water partition coefficient (Wildman–Crippen LogP) is 3.24. The van der Waals surface area contributed by atoms with Crippen molar-refractivity contribution in [2.75, 3.05) is 5.75 Å². The third-order valence-corrected chi connectivity index (χ3v) is 8.03. The van der Waals surface area contributed by atoms with Crippen LogP contribution in [-0.4, -0.2) is 45.0 Å². The van der Waals surface area contributed by atoms with Gasteiger partial charge in [0.1, 0.15) is 5.82 Å². The van der Waals surface area contributed by atoms with E-state index in [0.29, 0.717) is 5.56 Å². The highest BCUT2D eigenvalue weighted by atomic mass is 32.3. The Morgan fingerprint density at radius 2 is 1.90 bits per heavy atom. The fraction of sp³-hybridized carbons (Fsp3) is 0.200. The smallest absolute Gasteiger partial charge is 0.283 e. The molecule has 0 bridgehead atoms. The number of halogens is 1. The Balaban J connectivity index is 1.74. The average Bonchev–Trinajstić information content (AvgIpc) is 3.27. The van der Waals surface area contributed by atoms with Crippen molar-refractivity contribution in [1.82, 2.24) is 9.58 Å². The van der Waals surface area contributed by atoms with Gasteiger partial charge < -0.3 is 4.57 Å². The van der Waals surface area contributed by atoms with Crippen LogP contribution in [-0.2, 0) is 14.6 Å². The van der Waals surface area contributed by atoms with Crippen LogP contribution >= 0.6 is 11.8 Å². The van der Waals surface area contributed by atoms with Crippen molar-refractivity contribution in [1.29, 1.82) is 5.41 Å². The highest BCUT2D eigenvalue weighted by Crippen LogP contribution is 2.31. The molecule has 160 valence electrons. The number of hydrogen-bond donors (Lipinski definition) is 1. The van der Waals surface area contributed by atoms with Crippen molar-refractivity contribution in [3.63, 3.8) is 0 Å². The molecule has 11 heteroatoms. The summed E-state index contributed by atoms with van der Waals surface area (Å²) in [4.78, 5) is 16.5. The normalized spacial score (nSPS) is 17.8. The second-order valence-corrected chi connectivity index (χ2v) is 10.3. The van der Waals surface area contributed by atoms with E-state index in [1.807, 2.05) is 24.5 Å². The zero-order valence-corrected chi connectivity index (χ0v) is 18.5. The van der Waals surface area contributed by atoms with Crippen LogP contribution < -0.4 is 0 Å². The number of aliphatic imine (C=N–C) groups is 1. The van der Waals surface area contributed by atoms with Crippen LogP contribution in [0.4, 0.5) is 4.39 Å². The van der Waals surface area contributed by atoms with Gasteiger partial charge in [0.2, 0.25) is 19.4 Å². The second-order valence-electron chi connectivity index (χ2n) is 6.93. The third kappa shape index (κ3) is 3.63. The summed E-state index contributed by atoms with van der Waals surface area (Å²) in [5, 5.41) is 13.5. The molecule has 2 aliphatic rings. The number of carbonyl (C=O) groups excluding carboxylic acids is 1. The van der Waals surface area contributed by atoms with E-state index in [4.69, 9.17) is 5.41 Å². The molecule has 1 aromatic carbocycles. The number of fused-ring (bicyclic) bond motifs is 1. The van der Waals surface area contributed by atoms with E-state index in [1.165, 1.54) is 19.1 Å². The highest BCUT2D eigenvalue weighted by molar-refractivity contribution is 8.42. The lowest BCUT2D eigenvalue weighted by Gasteiger charge is -2.20. The molecule has 0 aliphatic carbocycles. The van der Waals surface area contributed by atoms with Crippen molar-refractivity contribution >= 4 is 49.0 Å². The number of sulfone groups is 1. The van der Waals surface area contributed by atoms with Crippen LogP contribution in [0.25, 0.3) is 11.8 Å². The quantitative estimate of drug-likeness (QED) is 0.709. The van der Waals surface area contributed by atoms with Crippen molar-refractivity contribution < 1.29 is 17.6 Å². The molecular formula is C20H18FN5O3S2. The minimum absolute atomic E-state index is 0.00241. The molecule has 3 heterocycles. The number of hydrazone groups is 1. The summed E-state index contributed by atoms with van der Waals surface area (Å²) in [6.45, 7) is 5.23. The number of nitrogens with zero attached hydrogens (tertiary/aromatic N) is 4. The molecular weight excluding hydrogens is 441 g/mol. The van der Waals surface area contributed by atoms with E-state index < -0.39 is 15.7 Å². The van der Waals surface area contributed by atoms with E-state index in [0.717, 1.165) is 33.8 Å². The molecule has 8 nitrogen and oxygen atoms in total. The predicted molar refractivity (Wildman–Crippen MR) is 120 cm³/mol. The van der Waals surface area contributed by atoms with E-state index >= 15 is 0 Å². The third-order valence-electron chi connectivity index (χ3n) is 4.94. The summed E-state index contributed by atoms with van der Waals surface area (Å²) in [6, 6.07) is 7.90. The van der Waals surface area contributed by atoms with Gasteiger partial charge in [0.25, 0.3) is 5.91 Å². The van der Waals surface area contributed by atoms with Gasteiger partial charge in [0.15, 0.2) is 5.84 Å². The molecule has 1 amide bonds. The van der Waals surface area contributed by atoms with Crippen molar-refractivity contribution in [3.8, 4) is 5.69 Å². The molecule has 0 fully saturated rings. The van der Waals surface area contributed by atoms with Gasteiger partial charge in [-0.3, -0.25) is 10.2 Å². The van der Waals surface area contributed by atoms with Crippen molar-refractivity contribution in [2.45, 2.75) is 20.8 Å². The standard InChI is InChI=1S/C20H18FN5O3S2/c1-4-31(28,29)20-24-26-17(22)16(18(27)23-19(26)30-20)10-13-9-11(2)25(12(13)3)15-7-5-14(21)6-8-15/h5-10,22H,4H2,1-3H3/b16-10-,22-17?. The Labute approximate surface area is 182 Å². The number of amidine groups is 2. The molecule has 0 saturated heterocycles. The van der Waals surface area contributed by atoms with Crippen LogP contribution in [0.1, 0.15) is 23.9 Å². The fourth-order valence-corrected chi connectivity index (χ4v) is 5.46. The Hall–Kier alpha value is -3.05. The van der Waals surface area contributed by atoms with E-state index in [1.54, 1.807) is 18.2 Å². The molecule has 31 heavy (non-hydrogen) atoms. The highest BCUT2D eigenvalue weighted by Gasteiger charge is 2.39. The topological polar surface area (TPSA) is 108 Å². The summed E-state index contributed by atoms with van der Waals surface area (Å²) in [5.74, 6) is -1.35. The van der Waals surface area contributed by atoms with E-state index in [2.05, 4.69) is 10.1 Å². The number of aryl methyl sites for hydroxylation is 1. The van der Waals surface area contributed by atoms with Gasteiger partial charge in [0, 0.05) is 17.1 Å². The first-order valence-electron chi connectivity index (χ1n) is 9.30. The van der Waals surface area contributed by atoms with Gasteiger partial charge in [-0.1, -0.05) is 6.92 Å². The van der Waals surface area contributed by atoms with E-state index in [9.17, 15) is 17.6 Å². The van der Waals surface area contributed by atoms with Crippen LogP contribution in [0.5, 0.6) is 0 Å². The molecule has 0 saturated carbocycles. The summed E-state index contributed by atoms with van der Waals surface area (Å²) < 4.78 is 39.3. The number of aromatic nitrogens is 1. The van der Waals surface area contributed by atoms with Gasteiger partial charge >= 0.3 is 0 Å². The molecule has 1 N–H and O–H groups in total. The largest absolute Gasteiger partial charge is 0.318 e. The lowest BCUT2D eigenvalue weighted by atomic mass is 10.1. The van der Waals surface area contributed by atoms with Crippen LogP contribution in [0.3, 0.4) is 0 Å². The van der Waals surface area contributed by atoms with Crippen molar-refractivity contribution in [2.24, 2.45) is 10.1 Å². The molecule has 4 rings (SSSR count). The summed E-state index contributed by atoms with van der Waals surface area (Å²) >= 11 is 0.764. The van der Waals surface area contributed by atoms with Gasteiger partial charge in [-0.05, 0) is 67.6 Å². The minimum atomic E-state index is -3.58. The number of rotatable bonds is 3. The molecule has 0 spiro atoms. The van der Waals surface area contributed by atoms with Gasteiger partial charge in [-0.15, -0.1) is 5.10 Å². The maximum Gasteiger partial charge on any atom is 0.283 e. The number of hydrogen-bond acceptors (Lipinski definition) is 6. The molecule has 2 aromatic rings. The minimum Gasteiger partial charge on any atom is -0.318 e. The van der Waals surface area contributed by atoms with Gasteiger partial charge in [-0.25, -0.2) is 12.8 Å². The molecule has 0 radical (unpaired) electrons. The SMILES string of the molecule is CCS(=O)(=O)C1=NN2C(=N)/C(=C/c3cc(C)n(-c4ccc(F)cc4)c3C)C(=O)N=C2S1. The maximum absolute atomic E-state index is 13.3. The number of nitrogens with one attached hydrogen (secondary N) is 1. The number of amides is 1. The fourth-order valence-electron chi connectivity index (χ4n) is 3.30. The summed E-state index contributed by atoms with van der Waals surface area (Å²) in [7, 11) is -3.58. The van der Waals surface area contributed by atoms with Crippen LogP contribution in [0.2, 0.25) is 0 Å². The van der Waals surface area contributed by atoms with Gasteiger partial charge in [-0.2, -0.15) is 10.0 Å². The zero-order chi connectivity index (χ0) is 22.5. The number of thioether (sulfide) groups is 1. The van der Waals surface area contributed by atoms with Crippen molar-refractivity contribution in [3.05, 3.63) is 58.7 Å². The first-order chi connectivity index (χ1) is 14.6. The lowest BCUT2D eigenvalue weighted by Crippen LogP contribution is -2.35. The maximum atomic E-state index is 13.3. The Morgan fingerprint density at radius 1 is 1.23 bits per heavy atom. The number of carbonyl (C=O) groups is 1. The Kier molecular flexibility index (Phi) is 5.18.